The Morgan fingerprint density at radius 2 is 2.07 bits per heavy atom. The highest BCUT2D eigenvalue weighted by molar-refractivity contribution is 5.94. The van der Waals surface area contributed by atoms with Crippen molar-refractivity contribution in [2.24, 2.45) is 0 Å². The van der Waals surface area contributed by atoms with Crippen molar-refractivity contribution < 1.29 is 18.0 Å². The van der Waals surface area contributed by atoms with E-state index in [4.69, 9.17) is 0 Å². The summed E-state index contributed by atoms with van der Waals surface area (Å²) in [4.78, 5) is 21.0. The maximum atomic E-state index is 12.9. The van der Waals surface area contributed by atoms with Crippen molar-refractivity contribution in [3.05, 3.63) is 65.5 Å². The maximum absolute atomic E-state index is 12.9. The van der Waals surface area contributed by atoms with E-state index in [0.29, 0.717) is 13.1 Å². The summed E-state index contributed by atoms with van der Waals surface area (Å²) in [6, 6.07) is 10.7. The van der Waals surface area contributed by atoms with Crippen LogP contribution in [0.2, 0.25) is 0 Å². The second-order valence-electron chi connectivity index (χ2n) is 7.18. The molecule has 1 aromatic carbocycles. The van der Waals surface area contributed by atoms with Gasteiger partial charge in [-0.15, -0.1) is 0 Å². The first kappa shape index (κ1) is 20.3. The number of hydrogen-bond acceptors (Lipinski definition) is 3. The summed E-state index contributed by atoms with van der Waals surface area (Å²) in [5.41, 5.74) is 0.313. The van der Waals surface area contributed by atoms with Crippen LogP contribution in [0.15, 0.2) is 48.7 Å². The van der Waals surface area contributed by atoms with Crippen molar-refractivity contribution in [3.8, 4) is 0 Å². The quantitative estimate of drug-likeness (QED) is 0.776. The molecule has 1 unspecified atom stereocenters. The van der Waals surface area contributed by atoms with E-state index in [2.05, 4.69) is 9.88 Å². The number of piperidine rings is 1. The van der Waals surface area contributed by atoms with Gasteiger partial charge in [-0.3, -0.25) is 9.78 Å². The Morgan fingerprint density at radius 1 is 1.25 bits per heavy atom. The van der Waals surface area contributed by atoms with E-state index in [1.807, 2.05) is 25.2 Å². The van der Waals surface area contributed by atoms with Crippen molar-refractivity contribution >= 4 is 5.91 Å². The normalized spacial score (nSPS) is 17.8. The van der Waals surface area contributed by atoms with Crippen LogP contribution in [0.3, 0.4) is 0 Å². The standard InChI is InChI=1S/C21H24F3N3O/c1-26(13-10-18-8-2-3-11-25-18)19-9-5-12-27(15-19)20(28)16-6-4-7-17(14-16)21(22,23)24/h2-4,6-8,11,14,19H,5,9-10,12-13,15H2,1H3. The average Bonchev–Trinajstić information content (AvgIpc) is 2.72. The number of carbonyl (C=O) groups is 1. The number of hydrogen-bond donors (Lipinski definition) is 0. The van der Waals surface area contributed by atoms with Crippen molar-refractivity contribution in [2.45, 2.75) is 31.5 Å². The number of amides is 1. The lowest BCUT2D eigenvalue weighted by Gasteiger charge is -2.37. The SMILES string of the molecule is CN(CCc1ccccn1)C1CCCN(C(=O)c2cccc(C(F)(F)F)c2)C1. The zero-order chi connectivity index (χ0) is 20.1. The second-order valence-corrected chi connectivity index (χ2v) is 7.18. The van der Waals surface area contributed by atoms with Gasteiger partial charge in [0.25, 0.3) is 5.91 Å². The Hall–Kier alpha value is -2.41. The Morgan fingerprint density at radius 3 is 2.79 bits per heavy atom. The number of rotatable bonds is 5. The van der Waals surface area contributed by atoms with Gasteiger partial charge in [-0.1, -0.05) is 12.1 Å². The molecule has 3 rings (SSSR count). The van der Waals surface area contributed by atoms with Gasteiger partial charge in [0.2, 0.25) is 0 Å². The van der Waals surface area contributed by atoms with Gasteiger partial charge >= 0.3 is 6.18 Å². The van der Waals surface area contributed by atoms with Gasteiger partial charge in [0.15, 0.2) is 0 Å². The van der Waals surface area contributed by atoms with Crippen LogP contribution in [-0.4, -0.2) is 53.4 Å². The molecule has 0 N–H and O–H groups in total. The van der Waals surface area contributed by atoms with Crippen LogP contribution >= 0.6 is 0 Å². The van der Waals surface area contributed by atoms with Crippen LogP contribution in [0, 0.1) is 0 Å². The van der Waals surface area contributed by atoms with E-state index in [1.54, 1.807) is 11.1 Å². The van der Waals surface area contributed by atoms with Gasteiger partial charge in [0, 0.05) is 49.6 Å². The highest BCUT2D eigenvalue weighted by atomic mass is 19.4. The molecule has 1 aromatic heterocycles. The Labute approximate surface area is 163 Å². The summed E-state index contributed by atoms with van der Waals surface area (Å²) in [7, 11) is 2.02. The van der Waals surface area contributed by atoms with Crippen molar-refractivity contribution in [3.63, 3.8) is 0 Å². The number of nitrogens with zero attached hydrogens (tertiary/aromatic N) is 3. The number of aromatic nitrogens is 1. The lowest BCUT2D eigenvalue weighted by atomic mass is 10.0. The molecule has 0 aliphatic carbocycles. The van der Waals surface area contributed by atoms with Crippen molar-refractivity contribution in [1.82, 2.24) is 14.8 Å². The van der Waals surface area contributed by atoms with E-state index in [9.17, 15) is 18.0 Å². The number of carbonyl (C=O) groups excluding carboxylic acids is 1. The van der Waals surface area contributed by atoms with E-state index in [-0.39, 0.29) is 17.5 Å². The third kappa shape index (κ3) is 5.10. The van der Waals surface area contributed by atoms with Crippen LogP contribution in [0.5, 0.6) is 0 Å². The minimum atomic E-state index is -4.45. The van der Waals surface area contributed by atoms with Crippen molar-refractivity contribution in [1.29, 1.82) is 0 Å². The zero-order valence-electron chi connectivity index (χ0n) is 15.8. The fourth-order valence-corrected chi connectivity index (χ4v) is 3.53. The highest BCUT2D eigenvalue weighted by Crippen LogP contribution is 2.30. The lowest BCUT2D eigenvalue weighted by molar-refractivity contribution is -0.137. The number of benzene rings is 1. The molecule has 0 saturated carbocycles. The minimum Gasteiger partial charge on any atom is -0.337 e. The maximum Gasteiger partial charge on any atom is 0.416 e. The molecule has 0 spiro atoms. The summed E-state index contributed by atoms with van der Waals surface area (Å²) < 4.78 is 38.8. The first-order valence-corrected chi connectivity index (χ1v) is 9.41. The fraction of sp³-hybridized carbons (Fsp3) is 0.429. The number of halogens is 3. The topological polar surface area (TPSA) is 36.4 Å². The molecule has 1 aliphatic heterocycles. The summed E-state index contributed by atoms with van der Waals surface area (Å²) in [6.07, 6.45) is -0.0678. The summed E-state index contributed by atoms with van der Waals surface area (Å²) in [5, 5.41) is 0. The zero-order valence-corrected chi connectivity index (χ0v) is 15.8. The number of likely N-dealkylation sites (tertiary alicyclic amines) is 1. The number of pyridine rings is 1. The third-order valence-corrected chi connectivity index (χ3v) is 5.19. The van der Waals surface area contributed by atoms with Gasteiger partial charge in [0.1, 0.15) is 0 Å². The number of likely N-dealkylation sites (N-methyl/N-ethyl adjacent to an activating group) is 1. The molecule has 7 heteroatoms. The van der Waals surface area contributed by atoms with Crippen LogP contribution in [0.25, 0.3) is 0 Å². The Bertz CT molecular complexity index is 795. The molecular weight excluding hydrogens is 367 g/mol. The van der Waals surface area contributed by atoms with E-state index < -0.39 is 11.7 Å². The molecule has 1 atom stereocenters. The van der Waals surface area contributed by atoms with E-state index in [1.165, 1.54) is 12.1 Å². The molecule has 1 aliphatic rings. The molecule has 2 heterocycles. The second kappa shape index (κ2) is 8.73. The minimum absolute atomic E-state index is 0.0895. The molecule has 1 fully saturated rings. The van der Waals surface area contributed by atoms with Crippen LogP contribution in [0.1, 0.15) is 34.5 Å². The summed E-state index contributed by atoms with van der Waals surface area (Å²) >= 11 is 0. The molecule has 1 amide bonds. The molecule has 150 valence electrons. The summed E-state index contributed by atoms with van der Waals surface area (Å²) in [5.74, 6) is -0.339. The predicted octanol–water partition coefficient (Wildman–Crippen LogP) is 3.88. The largest absolute Gasteiger partial charge is 0.416 e. The van der Waals surface area contributed by atoms with Gasteiger partial charge < -0.3 is 9.80 Å². The lowest BCUT2D eigenvalue weighted by Crippen LogP contribution is -2.49. The summed E-state index contributed by atoms with van der Waals surface area (Å²) in [6.45, 7) is 1.90. The van der Waals surface area contributed by atoms with Crippen LogP contribution in [-0.2, 0) is 12.6 Å². The first-order valence-electron chi connectivity index (χ1n) is 9.41. The molecule has 1 saturated heterocycles. The average molecular weight is 391 g/mol. The van der Waals surface area contributed by atoms with Crippen molar-refractivity contribution in [2.75, 3.05) is 26.7 Å². The fourth-order valence-electron chi connectivity index (χ4n) is 3.53. The predicted molar refractivity (Wildman–Crippen MR) is 101 cm³/mol. The molecule has 2 aromatic rings. The molecule has 28 heavy (non-hydrogen) atoms. The monoisotopic (exact) mass is 391 g/mol. The van der Waals surface area contributed by atoms with Crippen LogP contribution in [0.4, 0.5) is 13.2 Å². The van der Waals surface area contributed by atoms with Gasteiger partial charge in [-0.2, -0.15) is 13.2 Å². The van der Waals surface area contributed by atoms with Gasteiger partial charge in [-0.05, 0) is 50.2 Å². The molecular formula is C21H24F3N3O. The highest BCUT2D eigenvalue weighted by Gasteiger charge is 2.32. The first-order chi connectivity index (χ1) is 13.3. The van der Waals surface area contributed by atoms with Gasteiger partial charge in [0.05, 0.1) is 5.56 Å². The number of alkyl halides is 3. The Balaban J connectivity index is 1.62. The van der Waals surface area contributed by atoms with E-state index in [0.717, 1.165) is 43.6 Å². The van der Waals surface area contributed by atoms with Crippen LogP contribution < -0.4 is 0 Å². The molecule has 4 nitrogen and oxygen atoms in total. The van der Waals surface area contributed by atoms with Gasteiger partial charge in [-0.25, -0.2) is 0 Å². The third-order valence-electron chi connectivity index (χ3n) is 5.19. The Kier molecular flexibility index (Phi) is 6.34. The molecule has 0 radical (unpaired) electrons. The van der Waals surface area contributed by atoms with E-state index >= 15 is 0 Å². The smallest absolute Gasteiger partial charge is 0.337 e. The molecule has 0 bridgehead atoms.